The van der Waals surface area contributed by atoms with Gasteiger partial charge in [0.15, 0.2) is 0 Å². The smallest absolute Gasteiger partial charge is 0.224 e. The van der Waals surface area contributed by atoms with Gasteiger partial charge in [-0.25, -0.2) is 9.97 Å². The van der Waals surface area contributed by atoms with Gasteiger partial charge in [-0.3, -0.25) is 0 Å². The second kappa shape index (κ2) is 5.40. The van der Waals surface area contributed by atoms with Crippen LogP contribution in [-0.4, -0.2) is 29.8 Å². The molecule has 0 bridgehead atoms. The first-order valence-electron chi connectivity index (χ1n) is 6.54. The van der Waals surface area contributed by atoms with Crippen molar-refractivity contribution in [3.63, 3.8) is 0 Å². The summed E-state index contributed by atoms with van der Waals surface area (Å²) in [6.07, 6.45) is 3.62. The van der Waals surface area contributed by atoms with E-state index in [1.54, 1.807) is 0 Å². The first-order valence-corrected chi connectivity index (χ1v) is 6.54. The van der Waals surface area contributed by atoms with Crippen LogP contribution in [0.3, 0.4) is 0 Å². The Hall–Kier alpha value is -1.88. The number of rotatable bonds is 3. The fourth-order valence-electron chi connectivity index (χ4n) is 2.28. The number of nitrogen functional groups attached to an aromatic ring is 1. The molecule has 1 aliphatic rings. The van der Waals surface area contributed by atoms with Crippen LogP contribution in [0.15, 0.2) is 24.5 Å². The number of anilines is 1. The van der Waals surface area contributed by atoms with E-state index in [0.29, 0.717) is 24.1 Å². The summed E-state index contributed by atoms with van der Waals surface area (Å²) in [4.78, 5) is 8.42. The fraction of sp³-hybridized carbons (Fsp3) is 0.429. The molecule has 2 aromatic rings. The zero-order valence-electron chi connectivity index (χ0n) is 10.7. The fourth-order valence-corrected chi connectivity index (χ4v) is 2.28. The molecule has 2 heterocycles. The predicted octanol–water partition coefficient (Wildman–Crippen LogP) is 2.02. The zero-order chi connectivity index (χ0) is 13.1. The predicted molar refractivity (Wildman–Crippen MR) is 73.0 cm³/mol. The van der Waals surface area contributed by atoms with Crippen molar-refractivity contribution in [3.05, 3.63) is 24.5 Å². The molecule has 1 saturated heterocycles. The van der Waals surface area contributed by atoms with E-state index >= 15 is 0 Å². The summed E-state index contributed by atoms with van der Waals surface area (Å²) in [6, 6.07) is 5.57. The maximum atomic E-state index is 5.85. The van der Waals surface area contributed by atoms with Crippen LogP contribution in [-0.2, 0) is 4.74 Å². The first-order chi connectivity index (χ1) is 9.33. The minimum atomic E-state index is 0.542. The first kappa shape index (κ1) is 12.2. The Morgan fingerprint density at radius 3 is 2.95 bits per heavy atom. The number of nitrogens with two attached hydrogens (primary N) is 1. The molecular weight excluding hydrogens is 242 g/mol. The Morgan fingerprint density at radius 1 is 1.26 bits per heavy atom. The monoisotopic (exact) mass is 259 g/mol. The second-order valence-electron chi connectivity index (χ2n) is 4.82. The maximum absolute atomic E-state index is 5.85. The van der Waals surface area contributed by atoms with Crippen molar-refractivity contribution in [1.29, 1.82) is 0 Å². The number of hydrogen-bond donors (Lipinski definition) is 1. The molecule has 5 heteroatoms. The van der Waals surface area contributed by atoms with Gasteiger partial charge in [0, 0.05) is 18.9 Å². The zero-order valence-corrected chi connectivity index (χ0v) is 10.7. The Bertz CT molecular complexity index is 568. The summed E-state index contributed by atoms with van der Waals surface area (Å²) >= 11 is 0. The number of aromatic nitrogens is 2. The van der Waals surface area contributed by atoms with Crippen molar-refractivity contribution in [2.24, 2.45) is 5.92 Å². The van der Waals surface area contributed by atoms with Crippen LogP contribution in [0.25, 0.3) is 10.9 Å². The second-order valence-corrected chi connectivity index (χ2v) is 4.82. The maximum Gasteiger partial charge on any atom is 0.224 e. The van der Waals surface area contributed by atoms with Crippen LogP contribution in [0.5, 0.6) is 5.88 Å². The van der Waals surface area contributed by atoms with Gasteiger partial charge < -0.3 is 15.2 Å². The lowest BCUT2D eigenvalue weighted by Crippen LogP contribution is -2.21. The molecule has 3 rings (SSSR count). The van der Waals surface area contributed by atoms with Gasteiger partial charge >= 0.3 is 0 Å². The summed E-state index contributed by atoms with van der Waals surface area (Å²) in [7, 11) is 0. The molecule has 0 unspecified atom stereocenters. The normalized spacial score (nSPS) is 16.6. The van der Waals surface area contributed by atoms with E-state index in [2.05, 4.69) is 9.97 Å². The quantitative estimate of drug-likeness (QED) is 0.854. The Kier molecular flexibility index (Phi) is 3.46. The third-order valence-corrected chi connectivity index (χ3v) is 3.42. The highest BCUT2D eigenvalue weighted by atomic mass is 16.5. The van der Waals surface area contributed by atoms with Crippen LogP contribution < -0.4 is 10.5 Å². The van der Waals surface area contributed by atoms with Gasteiger partial charge in [-0.1, -0.05) is 0 Å². The molecule has 0 aliphatic carbocycles. The van der Waals surface area contributed by atoms with E-state index in [1.807, 2.05) is 18.2 Å². The third kappa shape index (κ3) is 2.76. The van der Waals surface area contributed by atoms with E-state index in [0.717, 1.165) is 37.0 Å². The Morgan fingerprint density at radius 2 is 2.11 bits per heavy atom. The van der Waals surface area contributed by atoms with Crippen LogP contribution in [0.1, 0.15) is 12.8 Å². The topological polar surface area (TPSA) is 70.3 Å². The van der Waals surface area contributed by atoms with E-state index in [9.17, 15) is 0 Å². The van der Waals surface area contributed by atoms with Crippen molar-refractivity contribution in [2.75, 3.05) is 25.6 Å². The molecule has 1 aliphatic heterocycles. The van der Waals surface area contributed by atoms with Gasteiger partial charge in [0.1, 0.15) is 6.33 Å². The summed E-state index contributed by atoms with van der Waals surface area (Å²) in [5.41, 5.74) is 7.35. The largest absolute Gasteiger partial charge is 0.477 e. The molecule has 0 saturated carbocycles. The standard InChI is InChI=1S/C14H17N3O2/c15-11-1-2-13-12(7-11)14(17-9-16-13)19-8-10-3-5-18-6-4-10/h1-2,7,9-10H,3-6,8,15H2. The van der Waals surface area contributed by atoms with E-state index in [1.165, 1.54) is 6.33 Å². The summed E-state index contributed by atoms with van der Waals surface area (Å²) in [5, 5.41) is 0.870. The van der Waals surface area contributed by atoms with Crippen LogP contribution in [0, 0.1) is 5.92 Å². The van der Waals surface area contributed by atoms with Gasteiger partial charge in [0.2, 0.25) is 5.88 Å². The molecular formula is C14H17N3O2. The van der Waals surface area contributed by atoms with Gasteiger partial charge in [-0.15, -0.1) is 0 Å². The summed E-state index contributed by atoms with van der Waals surface area (Å²) < 4.78 is 11.2. The molecule has 1 aromatic heterocycles. The minimum Gasteiger partial charge on any atom is -0.477 e. The molecule has 0 spiro atoms. The molecule has 0 radical (unpaired) electrons. The number of nitrogens with zero attached hydrogens (tertiary/aromatic N) is 2. The van der Waals surface area contributed by atoms with Crippen molar-refractivity contribution in [1.82, 2.24) is 9.97 Å². The van der Waals surface area contributed by atoms with Gasteiger partial charge in [0.05, 0.1) is 17.5 Å². The van der Waals surface area contributed by atoms with Crippen LogP contribution in [0.4, 0.5) is 5.69 Å². The van der Waals surface area contributed by atoms with Gasteiger partial charge in [0.25, 0.3) is 0 Å². The van der Waals surface area contributed by atoms with E-state index in [-0.39, 0.29) is 0 Å². The van der Waals surface area contributed by atoms with E-state index in [4.69, 9.17) is 15.2 Å². The van der Waals surface area contributed by atoms with Gasteiger partial charge in [-0.2, -0.15) is 0 Å². The number of fused-ring (bicyclic) bond motifs is 1. The lowest BCUT2D eigenvalue weighted by atomic mass is 10.0. The minimum absolute atomic E-state index is 0.542. The highest BCUT2D eigenvalue weighted by Crippen LogP contribution is 2.25. The molecule has 5 nitrogen and oxygen atoms in total. The summed E-state index contributed by atoms with van der Waals surface area (Å²) in [6.45, 7) is 2.32. The Labute approximate surface area is 111 Å². The van der Waals surface area contributed by atoms with Crippen molar-refractivity contribution in [3.8, 4) is 5.88 Å². The molecule has 1 aromatic carbocycles. The Balaban J connectivity index is 1.78. The van der Waals surface area contributed by atoms with E-state index < -0.39 is 0 Å². The average Bonchev–Trinajstić information content (AvgIpc) is 2.46. The highest BCUT2D eigenvalue weighted by Gasteiger charge is 2.15. The molecule has 19 heavy (non-hydrogen) atoms. The highest BCUT2D eigenvalue weighted by molar-refractivity contribution is 5.86. The van der Waals surface area contributed by atoms with Crippen molar-refractivity contribution >= 4 is 16.6 Å². The van der Waals surface area contributed by atoms with Crippen molar-refractivity contribution < 1.29 is 9.47 Å². The molecule has 2 N–H and O–H groups in total. The third-order valence-electron chi connectivity index (χ3n) is 3.42. The average molecular weight is 259 g/mol. The number of hydrogen-bond acceptors (Lipinski definition) is 5. The SMILES string of the molecule is Nc1ccc2ncnc(OCC3CCOCC3)c2c1. The van der Waals surface area contributed by atoms with Gasteiger partial charge in [-0.05, 0) is 37.0 Å². The molecule has 0 atom stereocenters. The molecule has 1 fully saturated rings. The van der Waals surface area contributed by atoms with Crippen molar-refractivity contribution in [2.45, 2.75) is 12.8 Å². The number of benzene rings is 1. The lowest BCUT2D eigenvalue weighted by molar-refractivity contribution is 0.0493. The number of ether oxygens (including phenoxy) is 2. The summed E-state index contributed by atoms with van der Waals surface area (Å²) in [5.74, 6) is 1.16. The van der Waals surface area contributed by atoms with Crippen LogP contribution in [0.2, 0.25) is 0 Å². The molecule has 0 amide bonds. The lowest BCUT2D eigenvalue weighted by Gasteiger charge is -2.22. The van der Waals surface area contributed by atoms with Crippen LogP contribution >= 0.6 is 0 Å². The molecule has 100 valence electrons.